The molecule has 1 aromatic carbocycles. The number of carbonyl (C=O) groups is 3. The number of amides is 4. The summed E-state index contributed by atoms with van der Waals surface area (Å²) in [5, 5.41) is 13.5. The molecule has 8 nitrogen and oxygen atoms in total. The molecule has 4 amide bonds. The predicted octanol–water partition coefficient (Wildman–Crippen LogP) is 2.92. The largest absolute Gasteiger partial charge is 0.444 e. The summed E-state index contributed by atoms with van der Waals surface area (Å²) >= 11 is 0. The number of fused-ring (bicyclic) bond motifs is 1. The lowest BCUT2D eigenvalue weighted by Crippen LogP contribution is -2.55. The van der Waals surface area contributed by atoms with Crippen LogP contribution < -0.4 is 10.2 Å². The molecule has 0 radical (unpaired) electrons. The number of aliphatic hydroxyl groups is 1. The van der Waals surface area contributed by atoms with E-state index in [1.54, 1.807) is 34.6 Å². The van der Waals surface area contributed by atoms with Crippen molar-refractivity contribution in [3.8, 4) is 0 Å². The smallest absolute Gasteiger partial charge is 0.410 e. The van der Waals surface area contributed by atoms with Gasteiger partial charge in [0.25, 0.3) is 0 Å². The van der Waals surface area contributed by atoms with Crippen molar-refractivity contribution < 1.29 is 28.6 Å². The molecule has 170 valence electrons. The molecule has 2 heterocycles. The van der Waals surface area contributed by atoms with E-state index in [2.05, 4.69) is 5.32 Å². The van der Waals surface area contributed by atoms with Crippen LogP contribution in [0.1, 0.15) is 53.0 Å². The van der Waals surface area contributed by atoms with E-state index < -0.39 is 40.5 Å². The quantitative estimate of drug-likeness (QED) is 0.744. The molecule has 31 heavy (non-hydrogen) atoms. The number of carbonyl (C=O) groups excluding carboxylic acids is 3. The Labute approximate surface area is 181 Å². The average Bonchev–Trinajstić information content (AvgIpc) is 2.84. The minimum absolute atomic E-state index is 0.0944. The Kier molecular flexibility index (Phi) is 5.77. The predicted molar refractivity (Wildman–Crippen MR) is 112 cm³/mol. The number of urea groups is 1. The highest BCUT2D eigenvalue weighted by atomic mass is 19.1. The maximum absolute atomic E-state index is 13.8. The van der Waals surface area contributed by atoms with E-state index in [1.807, 2.05) is 0 Å². The third-order valence-electron chi connectivity index (χ3n) is 5.73. The van der Waals surface area contributed by atoms with Gasteiger partial charge >= 0.3 is 12.1 Å². The van der Waals surface area contributed by atoms with Gasteiger partial charge in [0.2, 0.25) is 5.91 Å². The molecular weight excluding hydrogens is 405 g/mol. The topological polar surface area (TPSA) is 99.2 Å². The van der Waals surface area contributed by atoms with Crippen molar-refractivity contribution in [3.05, 3.63) is 29.6 Å². The Balaban J connectivity index is 1.62. The molecule has 9 heteroatoms. The van der Waals surface area contributed by atoms with Crippen LogP contribution in [0.4, 0.5) is 19.7 Å². The molecule has 0 saturated carbocycles. The van der Waals surface area contributed by atoms with Gasteiger partial charge in [-0.25, -0.2) is 18.9 Å². The number of nitrogens with zero attached hydrogens (tertiary/aromatic N) is 2. The van der Waals surface area contributed by atoms with Gasteiger partial charge in [-0.05, 0) is 65.2 Å². The van der Waals surface area contributed by atoms with Crippen LogP contribution >= 0.6 is 0 Å². The molecule has 0 bridgehead atoms. The van der Waals surface area contributed by atoms with Gasteiger partial charge in [-0.1, -0.05) is 6.07 Å². The number of rotatable bonds is 2. The lowest BCUT2D eigenvalue weighted by atomic mass is 9.86. The number of likely N-dealkylation sites (tertiary alicyclic amines) is 1. The average molecular weight is 435 g/mol. The van der Waals surface area contributed by atoms with Crippen LogP contribution in [0, 0.1) is 5.82 Å². The number of nitrogens with one attached hydrogen (secondary N) is 1. The molecule has 0 unspecified atom stereocenters. The maximum Gasteiger partial charge on any atom is 0.410 e. The molecule has 0 atom stereocenters. The van der Waals surface area contributed by atoms with Gasteiger partial charge in [0.05, 0.1) is 16.7 Å². The number of hydrogen-bond donors (Lipinski definition) is 2. The third kappa shape index (κ3) is 4.66. The molecule has 1 fully saturated rings. The van der Waals surface area contributed by atoms with Gasteiger partial charge in [0.1, 0.15) is 11.4 Å². The highest BCUT2D eigenvalue weighted by Gasteiger charge is 2.47. The molecule has 0 spiro atoms. The van der Waals surface area contributed by atoms with Crippen molar-refractivity contribution >= 4 is 23.7 Å². The zero-order valence-electron chi connectivity index (χ0n) is 18.6. The van der Waals surface area contributed by atoms with Crippen LogP contribution in [0.3, 0.4) is 0 Å². The Morgan fingerprint density at radius 1 is 1.23 bits per heavy atom. The summed E-state index contributed by atoms with van der Waals surface area (Å²) in [6.07, 6.45) is 0.0519. The number of benzene rings is 1. The summed E-state index contributed by atoms with van der Waals surface area (Å²) in [4.78, 5) is 40.3. The van der Waals surface area contributed by atoms with Crippen LogP contribution in [0.5, 0.6) is 0 Å². The Morgan fingerprint density at radius 2 is 1.84 bits per heavy atom. The van der Waals surface area contributed by atoms with Gasteiger partial charge in [-0.2, -0.15) is 0 Å². The second-order valence-corrected chi connectivity index (χ2v) is 9.78. The zero-order chi connectivity index (χ0) is 23.2. The fraction of sp³-hybridized carbons (Fsp3) is 0.591. The fourth-order valence-corrected chi connectivity index (χ4v) is 3.85. The monoisotopic (exact) mass is 435 g/mol. The van der Waals surface area contributed by atoms with Crippen LogP contribution in [-0.4, -0.2) is 58.9 Å². The molecule has 1 saturated heterocycles. The molecule has 2 aliphatic rings. The number of piperidine rings is 1. The van der Waals surface area contributed by atoms with Crippen molar-refractivity contribution in [2.45, 2.75) is 64.1 Å². The van der Waals surface area contributed by atoms with E-state index in [0.717, 1.165) is 11.0 Å². The lowest BCUT2D eigenvalue weighted by molar-refractivity contribution is -0.121. The molecule has 2 aliphatic heterocycles. The number of hydrogen-bond acceptors (Lipinski definition) is 5. The highest BCUT2D eigenvalue weighted by Crippen LogP contribution is 2.41. The number of anilines is 1. The number of halogens is 1. The fourth-order valence-electron chi connectivity index (χ4n) is 3.85. The van der Waals surface area contributed by atoms with Crippen molar-refractivity contribution in [1.29, 1.82) is 0 Å². The van der Waals surface area contributed by atoms with Gasteiger partial charge < -0.3 is 20.1 Å². The van der Waals surface area contributed by atoms with E-state index in [-0.39, 0.29) is 38.2 Å². The van der Waals surface area contributed by atoms with Gasteiger partial charge in [-0.3, -0.25) is 4.79 Å². The van der Waals surface area contributed by atoms with Crippen molar-refractivity contribution in [2.75, 3.05) is 24.5 Å². The van der Waals surface area contributed by atoms with Crippen molar-refractivity contribution in [2.24, 2.45) is 0 Å². The highest BCUT2D eigenvalue weighted by molar-refractivity contribution is 6.22. The normalized spacial score (nSPS) is 19.8. The Hall–Kier alpha value is -2.68. The van der Waals surface area contributed by atoms with Crippen molar-refractivity contribution in [3.63, 3.8) is 0 Å². The standard InChI is InChI=1S/C22H30FN3O5/c1-20(2,3)31-19(29)25-10-8-22(30,9-11-25)13-24-18(28)26-16-12-14(23)6-7-15(16)21(4,5)17(26)27/h6-7,12,30H,8-11,13H2,1-5H3,(H,24,28). The van der Waals surface area contributed by atoms with E-state index in [9.17, 15) is 23.9 Å². The maximum atomic E-state index is 13.8. The zero-order valence-corrected chi connectivity index (χ0v) is 18.6. The first kappa shape index (κ1) is 23.0. The first-order chi connectivity index (χ1) is 14.2. The first-order valence-electron chi connectivity index (χ1n) is 10.4. The molecule has 0 aliphatic carbocycles. The minimum Gasteiger partial charge on any atom is -0.444 e. The van der Waals surface area contributed by atoms with Gasteiger partial charge in [-0.15, -0.1) is 0 Å². The molecule has 2 N–H and O–H groups in total. The van der Waals surface area contributed by atoms with E-state index in [4.69, 9.17) is 4.74 Å². The SMILES string of the molecule is CC(C)(C)OC(=O)N1CCC(O)(CNC(=O)N2C(=O)C(C)(C)c3ccc(F)cc32)CC1. The summed E-state index contributed by atoms with van der Waals surface area (Å²) in [5.41, 5.74) is -2.02. The van der Waals surface area contributed by atoms with E-state index >= 15 is 0 Å². The van der Waals surface area contributed by atoms with Crippen molar-refractivity contribution in [1.82, 2.24) is 10.2 Å². The van der Waals surface area contributed by atoms with Gasteiger partial charge in [0.15, 0.2) is 0 Å². The summed E-state index contributed by atoms with van der Waals surface area (Å²) in [6, 6.07) is 3.22. The van der Waals surface area contributed by atoms with Crippen LogP contribution in [0.25, 0.3) is 0 Å². The molecule has 1 aromatic rings. The number of ether oxygens (including phenoxy) is 1. The van der Waals surface area contributed by atoms with E-state index in [1.165, 1.54) is 17.0 Å². The Bertz CT molecular complexity index is 901. The third-order valence-corrected chi connectivity index (χ3v) is 5.73. The second kappa shape index (κ2) is 7.78. The summed E-state index contributed by atoms with van der Waals surface area (Å²) in [5.74, 6) is -1.01. The first-order valence-corrected chi connectivity index (χ1v) is 10.4. The molecule has 3 rings (SSSR count). The van der Waals surface area contributed by atoms with Crippen LogP contribution in [-0.2, 0) is 14.9 Å². The molecule has 0 aromatic heterocycles. The molecular formula is C22H30FN3O5. The van der Waals surface area contributed by atoms with Gasteiger partial charge in [0, 0.05) is 19.6 Å². The van der Waals surface area contributed by atoms with Crippen LogP contribution in [0.2, 0.25) is 0 Å². The second-order valence-electron chi connectivity index (χ2n) is 9.78. The Morgan fingerprint density at radius 3 is 2.42 bits per heavy atom. The van der Waals surface area contributed by atoms with E-state index in [0.29, 0.717) is 5.56 Å². The minimum atomic E-state index is -1.22. The summed E-state index contributed by atoms with van der Waals surface area (Å²) < 4.78 is 19.1. The summed E-state index contributed by atoms with van der Waals surface area (Å²) in [6.45, 7) is 9.18. The lowest BCUT2D eigenvalue weighted by Gasteiger charge is -2.38. The summed E-state index contributed by atoms with van der Waals surface area (Å²) in [7, 11) is 0. The number of imide groups is 1. The van der Waals surface area contributed by atoms with Crippen LogP contribution in [0.15, 0.2) is 18.2 Å².